The van der Waals surface area contributed by atoms with Crippen molar-refractivity contribution in [2.24, 2.45) is 0 Å². The number of rotatable bonds is 12. The number of methoxy groups -OCH3 is 3. The van der Waals surface area contributed by atoms with Crippen LogP contribution < -0.4 is 24.8 Å². The van der Waals surface area contributed by atoms with E-state index in [1.54, 1.807) is 39.5 Å². The SMILES string of the molecule is CCn1c(CNC(=O)C=Cc2ccc(OC)c(OC)c2)nnc1SCC(=O)Nc1cc(C)ccc1OC. The number of aryl methyl sites for hydroxylation is 1. The van der Waals surface area contributed by atoms with Crippen LogP contribution in [0.25, 0.3) is 6.08 Å². The first-order chi connectivity index (χ1) is 17.9. The van der Waals surface area contributed by atoms with E-state index in [9.17, 15) is 9.59 Å². The largest absolute Gasteiger partial charge is 0.495 e. The van der Waals surface area contributed by atoms with Gasteiger partial charge in [0.05, 0.1) is 39.3 Å². The number of hydrogen-bond donors (Lipinski definition) is 2. The van der Waals surface area contributed by atoms with Crippen LogP contribution >= 0.6 is 11.8 Å². The molecule has 0 radical (unpaired) electrons. The van der Waals surface area contributed by atoms with Gasteiger partial charge in [-0.1, -0.05) is 23.9 Å². The average Bonchev–Trinajstić information content (AvgIpc) is 3.31. The Morgan fingerprint density at radius 2 is 1.73 bits per heavy atom. The molecule has 0 bridgehead atoms. The lowest BCUT2D eigenvalue weighted by Gasteiger charge is -2.11. The van der Waals surface area contributed by atoms with E-state index in [1.807, 2.05) is 42.7 Å². The Kier molecular flexibility index (Phi) is 9.96. The van der Waals surface area contributed by atoms with E-state index in [4.69, 9.17) is 14.2 Å². The maximum atomic E-state index is 12.5. The van der Waals surface area contributed by atoms with E-state index in [2.05, 4.69) is 20.8 Å². The van der Waals surface area contributed by atoms with Gasteiger partial charge in [0, 0.05) is 12.6 Å². The quantitative estimate of drug-likeness (QED) is 0.272. The van der Waals surface area contributed by atoms with Crippen LogP contribution in [-0.4, -0.2) is 53.7 Å². The zero-order valence-corrected chi connectivity index (χ0v) is 22.3. The van der Waals surface area contributed by atoms with Crippen LogP contribution in [0.4, 0.5) is 5.69 Å². The van der Waals surface area contributed by atoms with Gasteiger partial charge in [-0.25, -0.2) is 0 Å². The smallest absolute Gasteiger partial charge is 0.244 e. The number of carbonyl (C=O) groups is 2. The van der Waals surface area contributed by atoms with Crippen LogP contribution in [0.2, 0.25) is 0 Å². The number of aromatic nitrogens is 3. The van der Waals surface area contributed by atoms with Crippen LogP contribution in [0, 0.1) is 6.92 Å². The Labute approximate surface area is 220 Å². The Bertz CT molecular complexity index is 1270. The molecule has 10 nitrogen and oxygen atoms in total. The van der Waals surface area contributed by atoms with Gasteiger partial charge in [0.25, 0.3) is 0 Å². The lowest BCUT2D eigenvalue weighted by molar-refractivity contribution is -0.116. The second-order valence-corrected chi connectivity index (χ2v) is 8.79. The van der Waals surface area contributed by atoms with Gasteiger partial charge in [-0.2, -0.15) is 0 Å². The van der Waals surface area contributed by atoms with Gasteiger partial charge in [0.15, 0.2) is 22.5 Å². The molecule has 37 heavy (non-hydrogen) atoms. The second kappa shape index (κ2) is 13.4. The maximum Gasteiger partial charge on any atom is 0.244 e. The molecule has 0 aliphatic carbocycles. The fourth-order valence-corrected chi connectivity index (χ4v) is 4.28. The number of benzene rings is 2. The van der Waals surface area contributed by atoms with E-state index in [0.29, 0.717) is 40.5 Å². The maximum absolute atomic E-state index is 12.5. The summed E-state index contributed by atoms with van der Waals surface area (Å²) in [6.45, 7) is 4.69. The fraction of sp³-hybridized carbons (Fsp3) is 0.308. The minimum Gasteiger partial charge on any atom is -0.495 e. The third kappa shape index (κ3) is 7.50. The van der Waals surface area contributed by atoms with E-state index in [-0.39, 0.29) is 24.1 Å². The lowest BCUT2D eigenvalue weighted by Crippen LogP contribution is -2.22. The monoisotopic (exact) mass is 525 g/mol. The lowest BCUT2D eigenvalue weighted by atomic mass is 10.2. The summed E-state index contributed by atoms with van der Waals surface area (Å²) in [6.07, 6.45) is 3.12. The number of hydrogen-bond acceptors (Lipinski definition) is 8. The van der Waals surface area contributed by atoms with Crippen molar-refractivity contribution in [1.82, 2.24) is 20.1 Å². The van der Waals surface area contributed by atoms with Crippen LogP contribution in [0.15, 0.2) is 47.6 Å². The third-order valence-electron chi connectivity index (χ3n) is 5.33. The van der Waals surface area contributed by atoms with Crippen LogP contribution in [0.1, 0.15) is 23.9 Å². The van der Waals surface area contributed by atoms with Gasteiger partial charge in [-0.15, -0.1) is 10.2 Å². The van der Waals surface area contributed by atoms with E-state index >= 15 is 0 Å². The number of amides is 2. The molecular weight excluding hydrogens is 494 g/mol. The van der Waals surface area contributed by atoms with Crippen molar-refractivity contribution in [3.8, 4) is 17.2 Å². The summed E-state index contributed by atoms with van der Waals surface area (Å²) in [7, 11) is 4.69. The summed E-state index contributed by atoms with van der Waals surface area (Å²) in [5.41, 5.74) is 2.43. The van der Waals surface area contributed by atoms with Gasteiger partial charge >= 0.3 is 0 Å². The first kappa shape index (κ1) is 27.6. The van der Waals surface area contributed by atoms with E-state index < -0.39 is 0 Å². The predicted octanol–water partition coefficient (Wildman–Crippen LogP) is 3.69. The summed E-state index contributed by atoms with van der Waals surface area (Å²) in [5, 5.41) is 14.7. The van der Waals surface area contributed by atoms with Gasteiger partial charge in [0.2, 0.25) is 11.8 Å². The summed E-state index contributed by atoms with van der Waals surface area (Å²) >= 11 is 1.27. The normalized spacial score (nSPS) is 10.8. The van der Waals surface area contributed by atoms with Gasteiger partial charge in [-0.3, -0.25) is 9.59 Å². The Balaban J connectivity index is 1.55. The molecule has 11 heteroatoms. The van der Waals surface area contributed by atoms with Gasteiger partial charge in [-0.05, 0) is 55.3 Å². The standard InChI is InChI=1S/C26H31N5O5S/c1-6-31-23(15-27-24(32)12-9-18-8-11-21(35-4)22(14-18)36-5)29-30-26(31)37-16-25(33)28-19-13-17(2)7-10-20(19)34-3/h7-14H,6,15-16H2,1-5H3,(H,27,32)(H,28,33). The highest BCUT2D eigenvalue weighted by Crippen LogP contribution is 2.28. The van der Waals surface area contributed by atoms with Crippen LogP contribution in [0.5, 0.6) is 17.2 Å². The molecule has 0 aliphatic heterocycles. The molecule has 3 aromatic rings. The Morgan fingerprint density at radius 3 is 2.43 bits per heavy atom. The minimum atomic E-state index is -0.277. The van der Waals surface area contributed by atoms with Crippen molar-refractivity contribution in [2.75, 3.05) is 32.4 Å². The van der Waals surface area contributed by atoms with Crippen molar-refractivity contribution in [2.45, 2.75) is 32.1 Å². The van der Waals surface area contributed by atoms with Crippen molar-refractivity contribution < 1.29 is 23.8 Å². The van der Waals surface area contributed by atoms with Crippen molar-refractivity contribution in [3.63, 3.8) is 0 Å². The van der Waals surface area contributed by atoms with Crippen molar-refractivity contribution in [3.05, 3.63) is 59.4 Å². The van der Waals surface area contributed by atoms with Gasteiger partial charge < -0.3 is 29.4 Å². The highest BCUT2D eigenvalue weighted by atomic mass is 32.2. The zero-order valence-electron chi connectivity index (χ0n) is 21.5. The first-order valence-corrected chi connectivity index (χ1v) is 12.5. The molecule has 0 fully saturated rings. The minimum absolute atomic E-state index is 0.148. The molecule has 1 aromatic heterocycles. The molecule has 0 unspecified atom stereocenters. The topological polar surface area (TPSA) is 117 Å². The summed E-state index contributed by atoms with van der Waals surface area (Å²) in [4.78, 5) is 24.9. The van der Waals surface area contributed by atoms with E-state index in [1.165, 1.54) is 17.8 Å². The molecule has 196 valence electrons. The number of nitrogens with zero attached hydrogens (tertiary/aromatic N) is 3. The molecule has 3 rings (SSSR count). The molecule has 2 N–H and O–H groups in total. The van der Waals surface area contributed by atoms with Crippen LogP contribution in [-0.2, 0) is 22.7 Å². The highest BCUT2D eigenvalue weighted by Gasteiger charge is 2.15. The number of thioether (sulfide) groups is 1. The number of nitrogens with one attached hydrogen (secondary N) is 2. The van der Waals surface area contributed by atoms with E-state index in [0.717, 1.165) is 11.1 Å². The number of ether oxygens (including phenoxy) is 3. The molecule has 0 atom stereocenters. The van der Waals surface area contributed by atoms with Crippen molar-refractivity contribution in [1.29, 1.82) is 0 Å². The molecule has 0 saturated heterocycles. The third-order valence-corrected chi connectivity index (χ3v) is 6.29. The fourth-order valence-electron chi connectivity index (χ4n) is 3.46. The van der Waals surface area contributed by atoms with Crippen LogP contribution in [0.3, 0.4) is 0 Å². The molecular formula is C26H31N5O5S. The summed E-state index contributed by atoms with van der Waals surface area (Å²) in [5.74, 6) is 2.07. The predicted molar refractivity (Wildman–Crippen MR) is 143 cm³/mol. The summed E-state index contributed by atoms with van der Waals surface area (Å²) in [6, 6.07) is 11.0. The number of anilines is 1. The molecule has 1 heterocycles. The van der Waals surface area contributed by atoms with Crippen molar-refractivity contribution >= 4 is 35.3 Å². The van der Waals surface area contributed by atoms with Gasteiger partial charge in [0.1, 0.15) is 5.75 Å². The molecule has 2 amide bonds. The summed E-state index contributed by atoms with van der Waals surface area (Å²) < 4.78 is 17.7. The average molecular weight is 526 g/mol. The molecule has 0 spiro atoms. The highest BCUT2D eigenvalue weighted by molar-refractivity contribution is 7.99. The molecule has 0 saturated carbocycles. The number of carbonyl (C=O) groups excluding carboxylic acids is 2. The zero-order chi connectivity index (χ0) is 26.8. The molecule has 2 aromatic carbocycles. The second-order valence-electron chi connectivity index (χ2n) is 7.85. The Hall–Kier alpha value is -3.99. The molecule has 0 aliphatic rings. The first-order valence-electron chi connectivity index (χ1n) is 11.6. The Morgan fingerprint density at radius 1 is 1.00 bits per heavy atom.